The Balaban J connectivity index is 1.38. The fourth-order valence-electron chi connectivity index (χ4n) is 3.04. The molecule has 0 atom stereocenters. The molecule has 4 rings (SSSR count). The van der Waals surface area contributed by atoms with E-state index in [1.807, 2.05) is 37.3 Å². The number of pyridine rings is 1. The number of carbonyl (C=O) groups excluding carboxylic acids is 1. The van der Waals surface area contributed by atoms with Gasteiger partial charge in [-0.3, -0.25) is 4.79 Å². The third-order valence-corrected chi connectivity index (χ3v) is 4.48. The van der Waals surface area contributed by atoms with Crippen LogP contribution in [-0.4, -0.2) is 20.9 Å². The molecule has 0 aliphatic heterocycles. The lowest BCUT2D eigenvalue weighted by molar-refractivity contribution is -0.115. The smallest absolute Gasteiger partial charge is 0.228 e. The topological polar surface area (TPSA) is 91.8 Å². The van der Waals surface area contributed by atoms with Gasteiger partial charge in [0.05, 0.1) is 6.42 Å². The summed E-state index contributed by atoms with van der Waals surface area (Å²) in [6, 6.07) is 20.6. The van der Waals surface area contributed by atoms with Crippen molar-refractivity contribution in [2.24, 2.45) is 0 Å². The normalized spacial score (nSPS) is 10.4. The number of amides is 1. The van der Waals surface area contributed by atoms with Crippen molar-refractivity contribution in [2.75, 3.05) is 16.0 Å². The number of anilines is 5. The van der Waals surface area contributed by atoms with Gasteiger partial charge in [-0.25, -0.2) is 19.3 Å². The van der Waals surface area contributed by atoms with Crippen molar-refractivity contribution in [2.45, 2.75) is 13.3 Å². The highest BCUT2D eigenvalue weighted by Crippen LogP contribution is 2.21. The van der Waals surface area contributed by atoms with Crippen LogP contribution in [0.15, 0.2) is 79.0 Å². The standard InChI is InChI=1S/C24H21FN6O/c1-16-27-22(15-23(28-16)31-21-4-2-3-13-26-21)29-19-9-11-20(12-10-19)30-24(32)14-17-5-7-18(25)8-6-17/h2-13,15H,14H2,1H3,(H,30,32)(H2,26,27,28,29,31). The van der Waals surface area contributed by atoms with E-state index >= 15 is 0 Å². The van der Waals surface area contributed by atoms with Gasteiger partial charge in [-0.2, -0.15) is 0 Å². The quantitative estimate of drug-likeness (QED) is 0.384. The Bertz CT molecular complexity index is 1200. The number of benzene rings is 2. The minimum atomic E-state index is -0.323. The van der Waals surface area contributed by atoms with Crippen LogP contribution in [0.1, 0.15) is 11.4 Å². The van der Waals surface area contributed by atoms with Gasteiger partial charge < -0.3 is 16.0 Å². The van der Waals surface area contributed by atoms with Crippen LogP contribution in [-0.2, 0) is 11.2 Å². The Hall–Kier alpha value is -4.33. The maximum Gasteiger partial charge on any atom is 0.228 e. The predicted octanol–water partition coefficient (Wildman–Crippen LogP) is 4.99. The molecule has 0 fully saturated rings. The molecular formula is C24H21FN6O. The largest absolute Gasteiger partial charge is 0.340 e. The molecule has 1 amide bonds. The van der Waals surface area contributed by atoms with E-state index in [4.69, 9.17) is 0 Å². The predicted molar refractivity (Wildman–Crippen MR) is 123 cm³/mol. The lowest BCUT2D eigenvalue weighted by atomic mass is 10.1. The molecule has 0 saturated heterocycles. The molecule has 2 aromatic heterocycles. The van der Waals surface area contributed by atoms with E-state index in [2.05, 4.69) is 30.9 Å². The Morgan fingerprint density at radius 3 is 2.22 bits per heavy atom. The molecule has 32 heavy (non-hydrogen) atoms. The Labute approximate surface area is 184 Å². The van der Waals surface area contributed by atoms with Gasteiger partial charge in [-0.15, -0.1) is 0 Å². The van der Waals surface area contributed by atoms with Gasteiger partial charge >= 0.3 is 0 Å². The molecule has 0 aliphatic rings. The number of hydrogen-bond acceptors (Lipinski definition) is 6. The summed E-state index contributed by atoms with van der Waals surface area (Å²) >= 11 is 0. The summed E-state index contributed by atoms with van der Waals surface area (Å²) in [7, 11) is 0. The van der Waals surface area contributed by atoms with E-state index in [9.17, 15) is 9.18 Å². The first-order valence-electron chi connectivity index (χ1n) is 9.99. The van der Waals surface area contributed by atoms with Crippen LogP contribution in [0.4, 0.5) is 33.2 Å². The zero-order valence-corrected chi connectivity index (χ0v) is 17.3. The second kappa shape index (κ2) is 9.65. The van der Waals surface area contributed by atoms with Crippen molar-refractivity contribution in [3.05, 3.63) is 96.2 Å². The van der Waals surface area contributed by atoms with E-state index in [0.29, 0.717) is 29.0 Å². The minimum absolute atomic E-state index is 0.172. The van der Waals surface area contributed by atoms with Crippen molar-refractivity contribution < 1.29 is 9.18 Å². The Kier molecular flexibility index (Phi) is 6.31. The average molecular weight is 428 g/mol. The van der Waals surface area contributed by atoms with Crippen LogP contribution in [0, 0.1) is 12.7 Å². The first kappa shape index (κ1) is 20.9. The molecule has 0 spiro atoms. The van der Waals surface area contributed by atoms with Gasteiger partial charge in [-0.05, 0) is 61.0 Å². The molecule has 0 bridgehead atoms. The first-order valence-corrected chi connectivity index (χ1v) is 9.99. The summed E-state index contributed by atoms with van der Waals surface area (Å²) in [5, 5.41) is 9.23. The lowest BCUT2D eigenvalue weighted by Crippen LogP contribution is -2.14. The van der Waals surface area contributed by atoms with Crippen LogP contribution >= 0.6 is 0 Å². The molecular weight excluding hydrogens is 407 g/mol. The average Bonchev–Trinajstić information content (AvgIpc) is 2.77. The van der Waals surface area contributed by atoms with Gasteiger partial charge in [0.1, 0.15) is 29.1 Å². The summed E-state index contributed by atoms with van der Waals surface area (Å²) in [5.74, 6) is 2.06. The van der Waals surface area contributed by atoms with Gasteiger partial charge in [-0.1, -0.05) is 18.2 Å². The maximum absolute atomic E-state index is 13.0. The van der Waals surface area contributed by atoms with Gasteiger partial charge in [0, 0.05) is 23.6 Å². The summed E-state index contributed by atoms with van der Waals surface area (Å²) in [6.45, 7) is 1.81. The van der Waals surface area contributed by atoms with Crippen molar-refractivity contribution in [1.29, 1.82) is 0 Å². The SMILES string of the molecule is Cc1nc(Nc2ccc(NC(=O)Cc3ccc(F)cc3)cc2)cc(Nc2ccccn2)n1. The molecule has 2 heterocycles. The highest BCUT2D eigenvalue weighted by atomic mass is 19.1. The molecule has 2 aromatic carbocycles. The minimum Gasteiger partial charge on any atom is -0.340 e. The van der Waals surface area contributed by atoms with Crippen LogP contribution in [0.2, 0.25) is 0 Å². The summed E-state index contributed by atoms with van der Waals surface area (Å²) < 4.78 is 13.0. The van der Waals surface area contributed by atoms with E-state index in [-0.39, 0.29) is 18.1 Å². The van der Waals surface area contributed by atoms with Gasteiger partial charge in [0.25, 0.3) is 0 Å². The molecule has 7 nitrogen and oxygen atoms in total. The number of nitrogens with zero attached hydrogens (tertiary/aromatic N) is 3. The Morgan fingerprint density at radius 2 is 1.53 bits per heavy atom. The zero-order chi connectivity index (χ0) is 22.3. The second-order valence-electron chi connectivity index (χ2n) is 7.08. The highest BCUT2D eigenvalue weighted by Gasteiger charge is 2.06. The van der Waals surface area contributed by atoms with Crippen molar-refractivity contribution in [3.8, 4) is 0 Å². The highest BCUT2D eigenvalue weighted by molar-refractivity contribution is 5.92. The van der Waals surface area contributed by atoms with Gasteiger partial charge in [0.2, 0.25) is 5.91 Å². The zero-order valence-electron chi connectivity index (χ0n) is 17.3. The molecule has 160 valence electrons. The number of aromatic nitrogens is 3. The lowest BCUT2D eigenvalue weighted by Gasteiger charge is -2.11. The number of rotatable bonds is 7. The fraction of sp³-hybridized carbons (Fsp3) is 0.0833. The van der Waals surface area contributed by atoms with E-state index in [0.717, 1.165) is 11.3 Å². The van der Waals surface area contributed by atoms with E-state index in [1.54, 1.807) is 36.5 Å². The molecule has 3 N–H and O–H groups in total. The maximum atomic E-state index is 13.0. The fourth-order valence-corrected chi connectivity index (χ4v) is 3.04. The molecule has 8 heteroatoms. The van der Waals surface area contributed by atoms with Crippen molar-refractivity contribution in [3.63, 3.8) is 0 Å². The molecule has 0 aliphatic carbocycles. The summed E-state index contributed by atoms with van der Waals surface area (Å²) in [4.78, 5) is 25.3. The van der Waals surface area contributed by atoms with Gasteiger partial charge in [0.15, 0.2) is 0 Å². The number of aryl methyl sites for hydroxylation is 1. The molecule has 4 aromatic rings. The number of hydrogen-bond donors (Lipinski definition) is 3. The number of nitrogens with one attached hydrogen (secondary N) is 3. The molecule has 0 saturated carbocycles. The summed E-state index contributed by atoms with van der Waals surface area (Å²) in [6.07, 6.45) is 1.88. The number of carbonyl (C=O) groups is 1. The third kappa shape index (κ3) is 5.85. The Morgan fingerprint density at radius 1 is 0.844 bits per heavy atom. The summed E-state index contributed by atoms with van der Waals surface area (Å²) in [5.41, 5.74) is 2.22. The van der Waals surface area contributed by atoms with Crippen LogP contribution in [0.25, 0.3) is 0 Å². The second-order valence-corrected chi connectivity index (χ2v) is 7.08. The van der Waals surface area contributed by atoms with Crippen molar-refractivity contribution >= 4 is 34.7 Å². The van der Waals surface area contributed by atoms with Crippen LogP contribution in [0.3, 0.4) is 0 Å². The monoisotopic (exact) mass is 428 g/mol. The first-order chi connectivity index (χ1) is 15.5. The van der Waals surface area contributed by atoms with E-state index < -0.39 is 0 Å². The van der Waals surface area contributed by atoms with Crippen molar-refractivity contribution in [1.82, 2.24) is 15.0 Å². The number of halogens is 1. The molecule has 0 radical (unpaired) electrons. The third-order valence-electron chi connectivity index (χ3n) is 4.48. The van der Waals surface area contributed by atoms with E-state index in [1.165, 1.54) is 12.1 Å². The van der Waals surface area contributed by atoms with Crippen LogP contribution in [0.5, 0.6) is 0 Å². The molecule has 0 unspecified atom stereocenters. The van der Waals surface area contributed by atoms with Crippen LogP contribution < -0.4 is 16.0 Å².